The summed E-state index contributed by atoms with van der Waals surface area (Å²) in [6.45, 7) is 8.70. The number of nitrogens with one attached hydrogen (secondary N) is 1. The highest BCUT2D eigenvalue weighted by Gasteiger charge is 2.13. The molecule has 4 aromatic rings. The monoisotopic (exact) mass is 470 g/mol. The van der Waals surface area contributed by atoms with Crippen molar-refractivity contribution in [3.63, 3.8) is 0 Å². The van der Waals surface area contributed by atoms with Crippen LogP contribution >= 0.6 is 0 Å². The number of ether oxygens (including phenoxy) is 1. The third kappa shape index (κ3) is 6.47. The largest absolute Gasteiger partial charge is 0.494 e. The molecule has 0 saturated carbocycles. The molecule has 182 valence electrons. The molecule has 6 nitrogen and oxygen atoms in total. The molecule has 2 heterocycles. The number of para-hydroxylation sites is 2. The fourth-order valence-electron chi connectivity index (χ4n) is 4.07. The van der Waals surface area contributed by atoms with E-state index in [0.717, 1.165) is 42.0 Å². The lowest BCUT2D eigenvalue weighted by molar-refractivity contribution is 0.0953. The van der Waals surface area contributed by atoms with E-state index in [-0.39, 0.29) is 11.3 Å². The molecule has 0 aliphatic rings. The van der Waals surface area contributed by atoms with Crippen molar-refractivity contribution >= 4 is 16.9 Å². The van der Waals surface area contributed by atoms with Gasteiger partial charge in [-0.25, -0.2) is 4.98 Å². The summed E-state index contributed by atoms with van der Waals surface area (Å²) in [4.78, 5) is 21.2. The Morgan fingerprint density at radius 3 is 2.54 bits per heavy atom. The average Bonchev–Trinajstić information content (AvgIpc) is 3.21. The number of pyridine rings is 1. The second-order valence-corrected chi connectivity index (χ2v) is 9.75. The Balaban J connectivity index is 1.30. The summed E-state index contributed by atoms with van der Waals surface area (Å²) < 4.78 is 8.23. The molecule has 0 spiro atoms. The number of carbonyl (C=O) groups excluding carboxylic acids is 1. The lowest BCUT2D eigenvalue weighted by Gasteiger charge is -2.19. The molecular formula is C29H34N4O2. The van der Waals surface area contributed by atoms with Gasteiger partial charge in [-0.05, 0) is 60.2 Å². The van der Waals surface area contributed by atoms with E-state index in [1.54, 1.807) is 24.5 Å². The van der Waals surface area contributed by atoms with Gasteiger partial charge in [-0.2, -0.15) is 0 Å². The van der Waals surface area contributed by atoms with Crippen LogP contribution in [0.3, 0.4) is 0 Å². The number of rotatable bonds is 10. The Labute approximate surface area is 207 Å². The van der Waals surface area contributed by atoms with Crippen LogP contribution in [0.5, 0.6) is 5.75 Å². The highest BCUT2D eigenvalue weighted by Crippen LogP contribution is 2.24. The van der Waals surface area contributed by atoms with Gasteiger partial charge in [-0.15, -0.1) is 0 Å². The summed E-state index contributed by atoms with van der Waals surface area (Å²) in [6.07, 6.45) is 5.83. The molecule has 2 aromatic heterocycles. The third-order valence-corrected chi connectivity index (χ3v) is 6.06. The number of unbranched alkanes of at least 4 members (excludes halogenated alkanes) is 1. The standard InChI is InChI=1S/C29H34N4O2/c1-29(2,3)23-12-14-24(15-13-23)35-20-7-6-19-33-26-11-5-4-10-25(26)32-27(33)16-18-31-28(34)22-9-8-17-30-21-22/h4-5,8-15,17,21H,6-7,16,18-20H2,1-3H3,(H,31,34). The molecule has 0 atom stereocenters. The Bertz CT molecular complexity index is 1240. The van der Waals surface area contributed by atoms with E-state index in [2.05, 4.69) is 66.0 Å². The Morgan fingerprint density at radius 1 is 1.00 bits per heavy atom. The van der Waals surface area contributed by atoms with Gasteiger partial charge in [0.15, 0.2) is 0 Å². The Morgan fingerprint density at radius 2 is 1.80 bits per heavy atom. The van der Waals surface area contributed by atoms with Crippen LogP contribution in [0, 0.1) is 0 Å². The zero-order chi connectivity index (χ0) is 24.7. The van der Waals surface area contributed by atoms with Crippen LogP contribution < -0.4 is 10.1 Å². The summed E-state index contributed by atoms with van der Waals surface area (Å²) in [7, 11) is 0. The van der Waals surface area contributed by atoms with Gasteiger partial charge < -0.3 is 14.6 Å². The molecule has 0 bridgehead atoms. The topological polar surface area (TPSA) is 69.0 Å². The molecule has 0 aliphatic carbocycles. The first-order valence-corrected chi connectivity index (χ1v) is 12.3. The van der Waals surface area contributed by atoms with Crippen molar-refractivity contribution in [1.29, 1.82) is 0 Å². The van der Waals surface area contributed by atoms with E-state index in [1.807, 2.05) is 18.2 Å². The number of nitrogens with zero attached hydrogens (tertiary/aromatic N) is 3. The third-order valence-electron chi connectivity index (χ3n) is 6.06. The highest BCUT2D eigenvalue weighted by atomic mass is 16.5. The van der Waals surface area contributed by atoms with Crippen molar-refractivity contribution < 1.29 is 9.53 Å². The molecule has 0 radical (unpaired) electrons. The van der Waals surface area contributed by atoms with Gasteiger partial charge in [0.05, 0.1) is 23.2 Å². The number of imidazole rings is 1. The number of aryl methyl sites for hydroxylation is 1. The molecule has 4 rings (SSSR count). The molecule has 0 fully saturated rings. The smallest absolute Gasteiger partial charge is 0.252 e. The molecule has 1 N–H and O–H groups in total. The summed E-state index contributed by atoms with van der Waals surface area (Å²) >= 11 is 0. The maximum Gasteiger partial charge on any atom is 0.252 e. The fraction of sp³-hybridized carbons (Fsp3) is 0.345. The number of hydrogen-bond acceptors (Lipinski definition) is 4. The van der Waals surface area contributed by atoms with Crippen molar-refractivity contribution in [2.75, 3.05) is 13.2 Å². The van der Waals surface area contributed by atoms with Gasteiger partial charge in [-0.3, -0.25) is 9.78 Å². The van der Waals surface area contributed by atoms with Crippen LogP contribution in [-0.4, -0.2) is 33.6 Å². The summed E-state index contributed by atoms with van der Waals surface area (Å²) in [5.41, 5.74) is 4.12. The van der Waals surface area contributed by atoms with E-state index < -0.39 is 0 Å². The summed E-state index contributed by atoms with van der Waals surface area (Å²) in [5, 5.41) is 2.97. The minimum atomic E-state index is -0.117. The van der Waals surface area contributed by atoms with Gasteiger partial charge in [-0.1, -0.05) is 45.0 Å². The van der Waals surface area contributed by atoms with E-state index in [9.17, 15) is 4.79 Å². The minimum Gasteiger partial charge on any atom is -0.494 e. The molecule has 2 aromatic carbocycles. The SMILES string of the molecule is CC(C)(C)c1ccc(OCCCCn2c(CCNC(=O)c3cccnc3)nc3ccccc32)cc1. The zero-order valence-corrected chi connectivity index (χ0v) is 20.8. The summed E-state index contributed by atoms with van der Waals surface area (Å²) in [6, 6.07) is 20.1. The van der Waals surface area contributed by atoms with Gasteiger partial charge >= 0.3 is 0 Å². The van der Waals surface area contributed by atoms with E-state index in [1.165, 1.54) is 5.56 Å². The van der Waals surface area contributed by atoms with Crippen molar-refractivity contribution in [3.8, 4) is 5.75 Å². The number of benzene rings is 2. The first-order chi connectivity index (χ1) is 16.9. The van der Waals surface area contributed by atoms with Gasteiger partial charge in [0.1, 0.15) is 11.6 Å². The second kappa shape index (κ2) is 11.2. The van der Waals surface area contributed by atoms with E-state index in [4.69, 9.17) is 9.72 Å². The van der Waals surface area contributed by atoms with Gasteiger partial charge in [0, 0.05) is 31.9 Å². The number of fused-ring (bicyclic) bond motifs is 1. The van der Waals surface area contributed by atoms with Crippen LogP contribution in [0.25, 0.3) is 11.0 Å². The predicted octanol–water partition coefficient (Wildman–Crippen LogP) is 5.56. The molecule has 35 heavy (non-hydrogen) atoms. The normalized spacial score (nSPS) is 11.5. The van der Waals surface area contributed by atoms with Gasteiger partial charge in [0.2, 0.25) is 0 Å². The van der Waals surface area contributed by atoms with Crippen LogP contribution in [0.2, 0.25) is 0 Å². The zero-order valence-electron chi connectivity index (χ0n) is 20.8. The van der Waals surface area contributed by atoms with E-state index in [0.29, 0.717) is 25.1 Å². The Kier molecular flexibility index (Phi) is 7.80. The fourth-order valence-corrected chi connectivity index (χ4v) is 4.07. The number of amides is 1. The lowest BCUT2D eigenvalue weighted by Crippen LogP contribution is -2.26. The van der Waals surface area contributed by atoms with Crippen molar-refractivity contribution in [3.05, 3.63) is 90.0 Å². The highest BCUT2D eigenvalue weighted by molar-refractivity contribution is 5.93. The van der Waals surface area contributed by atoms with E-state index >= 15 is 0 Å². The van der Waals surface area contributed by atoms with Crippen molar-refractivity contribution in [2.45, 2.75) is 52.0 Å². The van der Waals surface area contributed by atoms with Crippen LogP contribution in [0.4, 0.5) is 0 Å². The maximum absolute atomic E-state index is 12.3. The molecule has 0 saturated heterocycles. The second-order valence-electron chi connectivity index (χ2n) is 9.75. The number of carbonyl (C=O) groups is 1. The van der Waals surface area contributed by atoms with Crippen LogP contribution in [0.15, 0.2) is 73.1 Å². The van der Waals surface area contributed by atoms with Crippen LogP contribution in [-0.2, 0) is 18.4 Å². The number of aromatic nitrogens is 3. The van der Waals surface area contributed by atoms with Crippen molar-refractivity contribution in [1.82, 2.24) is 19.9 Å². The van der Waals surface area contributed by atoms with Crippen LogP contribution in [0.1, 0.15) is 55.4 Å². The first-order valence-electron chi connectivity index (χ1n) is 12.3. The Hall–Kier alpha value is -3.67. The predicted molar refractivity (Wildman–Crippen MR) is 140 cm³/mol. The van der Waals surface area contributed by atoms with Gasteiger partial charge in [0.25, 0.3) is 5.91 Å². The summed E-state index contributed by atoms with van der Waals surface area (Å²) in [5.74, 6) is 1.78. The quantitative estimate of drug-likeness (QED) is 0.308. The maximum atomic E-state index is 12.3. The molecular weight excluding hydrogens is 436 g/mol. The average molecular weight is 471 g/mol. The molecule has 0 aliphatic heterocycles. The van der Waals surface area contributed by atoms with Crippen molar-refractivity contribution in [2.24, 2.45) is 0 Å². The molecule has 6 heteroatoms. The number of hydrogen-bond donors (Lipinski definition) is 1. The molecule has 1 amide bonds. The first kappa shape index (κ1) is 24.5. The lowest BCUT2D eigenvalue weighted by atomic mass is 9.87. The minimum absolute atomic E-state index is 0.117. The molecule has 0 unspecified atom stereocenters.